The summed E-state index contributed by atoms with van der Waals surface area (Å²) in [5, 5.41) is 5.24. The van der Waals surface area contributed by atoms with Crippen molar-refractivity contribution in [1.82, 2.24) is 15.0 Å². The van der Waals surface area contributed by atoms with Gasteiger partial charge in [0.15, 0.2) is 0 Å². The maximum Gasteiger partial charge on any atom is 0.255 e. The molecule has 162 valence electrons. The Hall–Kier alpha value is -2.37. The van der Waals surface area contributed by atoms with Gasteiger partial charge in [-0.15, -0.1) is 0 Å². The molecule has 4 rings (SSSR count). The minimum atomic E-state index is -0.0393. The topological polar surface area (TPSA) is 59.2 Å². The van der Waals surface area contributed by atoms with Crippen LogP contribution in [-0.4, -0.2) is 33.5 Å². The standard InChI is InChI=1S/C24H25Cl2N3O2/c1-16-11-12-17(15-21(16)26)23-27-22(31-28-23)13-14-29(18-7-3-2-4-8-18)24(30)19-9-5-6-10-20(19)25/h5-6,9-12,15,18H,2-4,7-8,13-14H2,1H3. The van der Waals surface area contributed by atoms with E-state index in [0.29, 0.717) is 40.3 Å². The molecule has 1 aromatic heterocycles. The minimum absolute atomic E-state index is 0.0393. The second-order valence-corrected chi connectivity index (χ2v) is 8.81. The Bertz CT molecular complexity index is 1060. The average molecular weight is 458 g/mol. The lowest BCUT2D eigenvalue weighted by atomic mass is 9.93. The van der Waals surface area contributed by atoms with Gasteiger partial charge in [-0.2, -0.15) is 4.98 Å². The zero-order valence-electron chi connectivity index (χ0n) is 17.5. The number of amides is 1. The highest BCUT2D eigenvalue weighted by Gasteiger charge is 2.27. The summed E-state index contributed by atoms with van der Waals surface area (Å²) >= 11 is 12.5. The van der Waals surface area contributed by atoms with Crippen LogP contribution in [0.1, 0.15) is 53.9 Å². The van der Waals surface area contributed by atoms with E-state index in [1.54, 1.807) is 12.1 Å². The predicted octanol–water partition coefficient (Wildman–Crippen LogP) is 6.37. The van der Waals surface area contributed by atoms with Crippen molar-refractivity contribution in [3.8, 4) is 11.4 Å². The summed E-state index contributed by atoms with van der Waals surface area (Å²) in [6.45, 7) is 2.45. The number of carbonyl (C=O) groups is 1. The van der Waals surface area contributed by atoms with Gasteiger partial charge in [-0.05, 0) is 43.5 Å². The number of hydrogen-bond donors (Lipinski definition) is 0. The quantitative estimate of drug-likeness (QED) is 0.431. The van der Waals surface area contributed by atoms with Crippen LogP contribution >= 0.6 is 23.2 Å². The molecular formula is C24H25Cl2N3O2. The largest absolute Gasteiger partial charge is 0.339 e. The number of benzene rings is 2. The van der Waals surface area contributed by atoms with Gasteiger partial charge in [0, 0.05) is 29.6 Å². The molecule has 1 amide bonds. The number of rotatable bonds is 6. The lowest BCUT2D eigenvalue weighted by molar-refractivity contribution is 0.0632. The molecule has 0 unspecified atom stereocenters. The van der Waals surface area contributed by atoms with Crippen LogP contribution in [0, 0.1) is 6.92 Å². The van der Waals surface area contributed by atoms with E-state index in [9.17, 15) is 4.79 Å². The minimum Gasteiger partial charge on any atom is -0.339 e. The van der Waals surface area contributed by atoms with Crippen LogP contribution in [0.3, 0.4) is 0 Å². The van der Waals surface area contributed by atoms with Crippen molar-refractivity contribution >= 4 is 29.1 Å². The third-order valence-electron chi connectivity index (χ3n) is 5.85. The molecule has 1 saturated carbocycles. The van der Waals surface area contributed by atoms with Crippen LogP contribution in [0.5, 0.6) is 0 Å². The molecule has 0 atom stereocenters. The highest BCUT2D eigenvalue weighted by Crippen LogP contribution is 2.27. The lowest BCUT2D eigenvalue weighted by Crippen LogP contribution is -2.42. The average Bonchev–Trinajstić information content (AvgIpc) is 3.26. The van der Waals surface area contributed by atoms with E-state index >= 15 is 0 Å². The second-order valence-electron chi connectivity index (χ2n) is 8.00. The Morgan fingerprint density at radius 1 is 1.10 bits per heavy atom. The third kappa shape index (κ3) is 5.10. The first-order chi connectivity index (χ1) is 15.0. The normalized spacial score (nSPS) is 14.5. The Kier molecular flexibility index (Phi) is 6.93. The van der Waals surface area contributed by atoms with Crippen molar-refractivity contribution in [2.24, 2.45) is 0 Å². The third-order valence-corrected chi connectivity index (χ3v) is 6.58. The van der Waals surface area contributed by atoms with E-state index in [-0.39, 0.29) is 11.9 Å². The molecule has 7 heteroatoms. The molecular weight excluding hydrogens is 433 g/mol. The van der Waals surface area contributed by atoms with Crippen molar-refractivity contribution in [1.29, 1.82) is 0 Å². The van der Waals surface area contributed by atoms with Gasteiger partial charge >= 0.3 is 0 Å². The summed E-state index contributed by atoms with van der Waals surface area (Å²) in [5.74, 6) is 0.959. The van der Waals surface area contributed by atoms with Gasteiger partial charge in [0.2, 0.25) is 11.7 Å². The Morgan fingerprint density at radius 3 is 2.61 bits per heavy atom. The summed E-state index contributed by atoms with van der Waals surface area (Å²) in [6, 6.07) is 13.1. The van der Waals surface area contributed by atoms with Crippen molar-refractivity contribution in [2.75, 3.05) is 6.54 Å². The van der Waals surface area contributed by atoms with Crippen LogP contribution in [0.4, 0.5) is 0 Å². The Morgan fingerprint density at radius 2 is 1.87 bits per heavy atom. The van der Waals surface area contributed by atoms with Crippen LogP contribution < -0.4 is 0 Å². The molecule has 1 aliphatic carbocycles. The summed E-state index contributed by atoms with van der Waals surface area (Å²) in [7, 11) is 0. The van der Waals surface area contributed by atoms with Crippen molar-refractivity contribution < 1.29 is 9.32 Å². The fourth-order valence-electron chi connectivity index (χ4n) is 4.05. The fourth-order valence-corrected chi connectivity index (χ4v) is 4.45. The van der Waals surface area contributed by atoms with Crippen LogP contribution in [0.25, 0.3) is 11.4 Å². The van der Waals surface area contributed by atoms with Gasteiger partial charge in [0.1, 0.15) is 0 Å². The zero-order valence-corrected chi connectivity index (χ0v) is 19.0. The van der Waals surface area contributed by atoms with Gasteiger partial charge in [0.05, 0.1) is 10.6 Å². The molecule has 2 aromatic carbocycles. The number of nitrogens with zero attached hydrogens (tertiary/aromatic N) is 3. The molecule has 5 nitrogen and oxygen atoms in total. The SMILES string of the molecule is Cc1ccc(-c2noc(CCN(C(=O)c3ccccc3Cl)C3CCCCC3)n2)cc1Cl. The van der Waals surface area contributed by atoms with E-state index in [2.05, 4.69) is 10.1 Å². The van der Waals surface area contributed by atoms with Gasteiger partial charge in [-0.3, -0.25) is 4.79 Å². The van der Waals surface area contributed by atoms with E-state index < -0.39 is 0 Å². The summed E-state index contributed by atoms with van der Waals surface area (Å²) in [4.78, 5) is 19.8. The van der Waals surface area contributed by atoms with E-state index in [4.69, 9.17) is 27.7 Å². The highest BCUT2D eigenvalue weighted by atomic mass is 35.5. The van der Waals surface area contributed by atoms with Crippen molar-refractivity contribution in [3.63, 3.8) is 0 Å². The van der Waals surface area contributed by atoms with E-state index in [0.717, 1.165) is 36.8 Å². The molecule has 0 bridgehead atoms. The summed E-state index contributed by atoms with van der Waals surface area (Å²) in [6.07, 6.45) is 5.99. The first-order valence-electron chi connectivity index (χ1n) is 10.7. The first-order valence-corrected chi connectivity index (χ1v) is 11.4. The zero-order chi connectivity index (χ0) is 21.8. The van der Waals surface area contributed by atoms with Gasteiger partial charge in [0.25, 0.3) is 5.91 Å². The molecule has 0 aliphatic heterocycles. The molecule has 1 aliphatic rings. The van der Waals surface area contributed by atoms with Gasteiger partial charge in [-0.1, -0.05) is 71.9 Å². The first kappa shape index (κ1) is 21.8. The van der Waals surface area contributed by atoms with Gasteiger partial charge < -0.3 is 9.42 Å². The van der Waals surface area contributed by atoms with Crippen LogP contribution in [0.15, 0.2) is 47.0 Å². The summed E-state index contributed by atoms with van der Waals surface area (Å²) < 4.78 is 5.47. The number of halogens is 2. The maximum absolute atomic E-state index is 13.3. The van der Waals surface area contributed by atoms with Crippen LogP contribution in [-0.2, 0) is 6.42 Å². The highest BCUT2D eigenvalue weighted by molar-refractivity contribution is 6.33. The number of carbonyl (C=O) groups excluding carboxylic acids is 1. The van der Waals surface area contributed by atoms with Crippen molar-refractivity contribution in [2.45, 2.75) is 51.5 Å². The number of hydrogen-bond acceptors (Lipinski definition) is 4. The van der Waals surface area contributed by atoms with E-state index in [1.165, 1.54) is 6.42 Å². The molecule has 0 spiro atoms. The Labute approximate surface area is 192 Å². The molecule has 3 aromatic rings. The lowest BCUT2D eigenvalue weighted by Gasteiger charge is -2.34. The Balaban J connectivity index is 1.51. The monoisotopic (exact) mass is 457 g/mol. The molecule has 31 heavy (non-hydrogen) atoms. The maximum atomic E-state index is 13.3. The summed E-state index contributed by atoms with van der Waals surface area (Å²) in [5.41, 5.74) is 2.34. The fraction of sp³-hybridized carbons (Fsp3) is 0.375. The van der Waals surface area contributed by atoms with Crippen molar-refractivity contribution in [3.05, 3.63) is 69.5 Å². The van der Waals surface area contributed by atoms with Crippen LogP contribution in [0.2, 0.25) is 10.0 Å². The number of aromatic nitrogens is 2. The molecule has 1 fully saturated rings. The van der Waals surface area contributed by atoms with Gasteiger partial charge in [-0.25, -0.2) is 0 Å². The number of aryl methyl sites for hydroxylation is 1. The molecule has 0 radical (unpaired) electrons. The second kappa shape index (κ2) is 9.84. The predicted molar refractivity (Wildman–Crippen MR) is 123 cm³/mol. The van der Waals surface area contributed by atoms with E-state index in [1.807, 2.05) is 42.2 Å². The molecule has 0 saturated heterocycles. The molecule has 0 N–H and O–H groups in total. The molecule has 1 heterocycles. The smallest absolute Gasteiger partial charge is 0.255 e.